The van der Waals surface area contributed by atoms with Gasteiger partial charge in [-0.25, -0.2) is 4.98 Å². The molecule has 0 amide bonds. The van der Waals surface area contributed by atoms with Crippen molar-refractivity contribution in [1.29, 1.82) is 0 Å². The van der Waals surface area contributed by atoms with E-state index >= 15 is 0 Å². The Bertz CT molecular complexity index is 814. The minimum Gasteiger partial charge on any atom is -0.458 e. The van der Waals surface area contributed by atoms with Crippen molar-refractivity contribution in [1.82, 2.24) is 14.8 Å². The Labute approximate surface area is 148 Å². The summed E-state index contributed by atoms with van der Waals surface area (Å²) in [5.41, 5.74) is 1.72. The van der Waals surface area contributed by atoms with E-state index in [0.717, 1.165) is 21.2 Å². The molecule has 24 heavy (non-hydrogen) atoms. The maximum atomic E-state index is 12.1. The topological polar surface area (TPSA) is 57.0 Å². The normalized spacial score (nSPS) is 12.1. The van der Waals surface area contributed by atoms with Gasteiger partial charge in [0, 0.05) is 29.1 Å². The average molecular weight is 359 g/mol. The standard InChI is InChI=1S/C17H17N3O2S2/c1-12(24-15-6-4-3-5-7-15)17(21)22-10-14-11-23-16(19-14)13-8-18-20(2)9-13/h3-9,11-12H,10H2,1-2H3. The Hall–Kier alpha value is -2.12. The van der Waals surface area contributed by atoms with Crippen LogP contribution in [-0.2, 0) is 23.2 Å². The van der Waals surface area contributed by atoms with Gasteiger partial charge in [0.1, 0.15) is 16.9 Å². The van der Waals surface area contributed by atoms with Gasteiger partial charge in [-0.15, -0.1) is 23.1 Å². The van der Waals surface area contributed by atoms with Gasteiger partial charge in [-0.1, -0.05) is 18.2 Å². The summed E-state index contributed by atoms with van der Waals surface area (Å²) in [5, 5.41) is 6.66. The van der Waals surface area contributed by atoms with Gasteiger partial charge >= 0.3 is 5.97 Å². The van der Waals surface area contributed by atoms with Crippen LogP contribution >= 0.6 is 23.1 Å². The first kappa shape index (κ1) is 16.7. The van der Waals surface area contributed by atoms with E-state index in [-0.39, 0.29) is 17.8 Å². The molecule has 0 spiro atoms. The number of carbonyl (C=O) groups is 1. The molecular weight excluding hydrogens is 342 g/mol. The van der Waals surface area contributed by atoms with E-state index in [0.29, 0.717) is 0 Å². The van der Waals surface area contributed by atoms with Crippen molar-refractivity contribution >= 4 is 29.1 Å². The van der Waals surface area contributed by atoms with Crippen molar-refractivity contribution in [2.45, 2.75) is 23.7 Å². The molecule has 5 nitrogen and oxygen atoms in total. The van der Waals surface area contributed by atoms with Crippen molar-refractivity contribution in [2.24, 2.45) is 7.05 Å². The Balaban J connectivity index is 1.53. The van der Waals surface area contributed by atoms with Gasteiger partial charge in [0.05, 0.1) is 11.9 Å². The highest BCUT2D eigenvalue weighted by atomic mass is 32.2. The molecule has 0 fully saturated rings. The predicted molar refractivity (Wildman–Crippen MR) is 95.9 cm³/mol. The third kappa shape index (κ3) is 4.24. The maximum Gasteiger partial charge on any atom is 0.319 e. The molecule has 0 saturated heterocycles. The van der Waals surface area contributed by atoms with Crippen LogP contribution in [0.2, 0.25) is 0 Å². The lowest BCUT2D eigenvalue weighted by Crippen LogP contribution is -2.16. The van der Waals surface area contributed by atoms with Crippen LogP contribution in [0.3, 0.4) is 0 Å². The van der Waals surface area contributed by atoms with E-state index in [1.165, 1.54) is 23.1 Å². The van der Waals surface area contributed by atoms with Gasteiger partial charge < -0.3 is 4.74 Å². The molecule has 0 N–H and O–H groups in total. The number of carbonyl (C=O) groups excluding carboxylic acids is 1. The molecule has 0 aliphatic rings. The molecule has 7 heteroatoms. The Morgan fingerprint density at radius 1 is 1.38 bits per heavy atom. The highest BCUT2D eigenvalue weighted by Crippen LogP contribution is 2.25. The van der Waals surface area contributed by atoms with Crippen LogP contribution in [0.15, 0.2) is 53.0 Å². The highest BCUT2D eigenvalue weighted by molar-refractivity contribution is 8.00. The lowest BCUT2D eigenvalue weighted by molar-refractivity contribution is -0.144. The average Bonchev–Trinajstić information content (AvgIpc) is 3.22. The van der Waals surface area contributed by atoms with Crippen LogP contribution in [0.5, 0.6) is 0 Å². The van der Waals surface area contributed by atoms with Crippen molar-refractivity contribution in [2.75, 3.05) is 0 Å². The number of thiazole rings is 1. The number of hydrogen-bond acceptors (Lipinski definition) is 6. The summed E-state index contributed by atoms with van der Waals surface area (Å²) >= 11 is 3.01. The molecule has 0 aliphatic heterocycles. The Morgan fingerprint density at radius 2 is 2.17 bits per heavy atom. The second-order valence-electron chi connectivity index (χ2n) is 5.23. The Morgan fingerprint density at radius 3 is 2.88 bits per heavy atom. The summed E-state index contributed by atoms with van der Waals surface area (Å²) in [6, 6.07) is 9.82. The molecule has 1 aromatic carbocycles. The number of aryl methyl sites for hydroxylation is 1. The summed E-state index contributed by atoms with van der Waals surface area (Å²) < 4.78 is 7.12. The number of rotatable bonds is 6. The smallest absolute Gasteiger partial charge is 0.319 e. The largest absolute Gasteiger partial charge is 0.458 e. The molecule has 0 radical (unpaired) electrons. The van der Waals surface area contributed by atoms with Gasteiger partial charge in [-0.05, 0) is 19.1 Å². The summed E-state index contributed by atoms with van der Waals surface area (Å²) in [6.07, 6.45) is 3.68. The highest BCUT2D eigenvalue weighted by Gasteiger charge is 2.17. The molecule has 1 atom stereocenters. The van der Waals surface area contributed by atoms with Crippen LogP contribution in [0.25, 0.3) is 10.6 Å². The zero-order chi connectivity index (χ0) is 16.9. The molecule has 0 saturated carbocycles. The van der Waals surface area contributed by atoms with Gasteiger partial charge in [-0.2, -0.15) is 5.10 Å². The molecule has 2 aromatic heterocycles. The first-order valence-electron chi connectivity index (χ1n) is 7.43. The van der Waals surface area contributed by atoms with Crippen molar-refractivity contribution in [3.8, 4) is 10.6 Å². The molecule has 0 bridgehead atoms. The van der Waals surface area contributed by atoms with E-state index in [1.807, 2.05) is 55.9 Å². The molecular formula is C17H17N3O2S2. The van der Waals surface area contributed by atoms with Crippen molar-refractivity contribution < 1.29 is 9.53 Å². The van der Waals surface area contributed by atoms with Crippen LogP contribution in [-0.4, -0.2) is 26.0 Å². The molecule has 3 rings (SSSR count). The number of nitrogens with zero attached hydrogens (tertiary/aromatic N) is 3. The first-order chi connectivity index (χ1) is 11.6. The predicted octanol–water partition coefficient (Wildman–Crippen LogP) is 3.77. The molecule has 1 unspecified atom stereocenters. The van der Waals surface area contributed by atoms with E-state index < -0.39 is 0 Å². The van der Waals surface area contributed by atoms with E-state index in [9.17, 15) is 4.79 Å². The van der Waals surface area contributed by atoms with E-state index in [1.54, 1.807) is 10.9 Å². The van der Waals surface area contributed by atoms with Gasteiger partial charge in [-0.3, -0.25) is 9.48 Å². The summed E-state index contributed by atoms with van der Waals surface area (Å²) in [4.78, 5) is 17.7. The minimum absolute atomic E-state index is 0.190. The SMILES string of the molecule is CC(Sc1ccccc1)C(=O)OCc1csc(-c2cnn(C)c2)n1. The summed E-state index contributed by atoms with van der Waals surface area (Å²) in [7, 11) is 1.87. The third-order valence-electron chi connectivity index (χ3n) is 3.25. The number of benzene rings is 1. The molecule has 3 aromatic rings. The van der Waals surface area contributed by atoms with Crippen LogP contribution < -0.4 is 0 Å². The quantitative estimate of drug-likeness (QED) is 0.495. The van der Waals surface area contributed by atoms with E-state index in [2.05, 4.69) is 10.1 Å². The van der Waals surface area contributed by atoms with Crippen molar-refractivity contribution in [3.63, 3.8) is 0 Å². The number of esters is 1. The minimum atomic E-state index is -0.260. The lowest BCUT2D eigenvalue weighted by atomic mass is 10.4. The maximum absolute atomic E-state index is 12.1. The molecule has 0 aliphatic carbocycles. The van der Waals surface area contributed by atoms with Gasteiger partial charge in [0.15, 0.2) is 0 Å². The number of hydrogen-bond donors (Lipinski definition) is 0. The molecule has 2 heterocycles. The second-order valence-corrected chi connectivity index (χ2v) is 7.50. The second kappa shape index (κ2) is 7.63. The van der Waals surface area contributed by atoms with Gasteiger partial charge in [0.2, 0.25) is 0 Å². The van der Waals surface area contributed by atoms with Crippen molar-refractivity contribution in [3.05, 3.63) is 53.8 Å². The fourth-order valence-electron chi connectivity index (χ4n) is 2.05. The van der Waals surface area contributed by atoms with Crippen LogP contribution in [0.1, 0.15) is 12.6 Å². The zero-order valence-corrected chi connectivity index (χ0v) is 15.0. The van der Waals surface area contributed by atoms with Crippen LogP contribution in [0.4, 0.5) is 0 Å². The number of ether oxygens (including phenoxy) is 1. The van der Waals surface area contributed by atoms with E-state index in [4.69, 9.17) is 4.74 Å². The third-order valence-corrected chi connectivity index (χ3v) is 5.28. The summed E-state index contributed by atoms with van der Waals surface area (Å²) in [6.45, 7) is 2.04. The number of aromatic nitrogens is 3. The van der Waals surface area contributed by atoms with Gasteiger partial charge in [0.25, 0.3) is 0 Å². The number of thioether (sulfide) groups is 1. The van der Waals surface area contributed by atoms with Crippen LogP contribution in [0, 0.1) is 0 Å². The summed E-state index contributed by atoms with van der Waals surface area (Å²) in [5.74, 6) is -0.236. The molecule has 124 valence electrons. The monoisotopic (exact) mass is 359 g/mol. The fraction of sp³-hybridized carbons (Fsp3) is 0.235. The lowest BCUT2D eigenvalue weighted by Gasteiger charge is -2.10. The Kier molecular flexibility index (Phi) is 5.32. The zero-order valence-electron chi connectivity index (χ0n) is 13.4. The fourth-order valence-corrected chi connectivity index (χ4v) is 3.72. The first-order valence-corrected chi connectivity index (χ1v) is 9.19.